The predicted molar refractivity (Wildman–Crippen MR) is 86.8 cm³/mol. The van der Waals surface area contributed by atoms with Crippen molar-refractivity contribution in [1.82, 2.24) is 4.72 Å². The van der Waals surface area contributed by atoms with Crippen LogP contribution < -0.4 is 15.2 Å². The number of primary sulfonamides is 1. The first-order valence-electron chi connectivity index (χ1n) is 5.65. The summed E-state index contributed by atoms with van der Waals surface area (Å²) in [5.41, 5.74) is 0.801. The fraction of sp³-hybridized carbons (Fsp3) is 0.273. The second kappa shape index (κ2) is 6.59. The van der Waals surface area contributed by atoms with Gasteiger partial charge in [-0.15, -0.1) is 6.58 Å². The van der Waals surface area contributed by atoms with Gasteiger partial charge in [-0.3, -0.25) is 0 Å². The van der Waals surface area contributed by atoms with Crippen molar-refractivity contribution in [2.24, 2.45) is 5.14 Å². The molecular formula is C11H14ClN3O2S3. The highest BCUT2D eigenvalue weighted by atomic mass is 35.5. The smallest absolute Gasteiger partial charge is 0.239 e. The minimum absolute atomic E-state index is 0.0616. The summed E-state index contributed by atoms with van der Waals surface area (Å²) in [7, 11) is -3.81. The lowest BCUT2D eigenvalue weighted by atomic mass is 10.3. The summed E-state index contributed by atoms with van der Waals surface area (Å²) in [6.45, 7) is 3.67. The van der Waals surface area contributed by atoms with Gasteiger partial charge in [0.05, 0.1) is 16.9 Å². The van der Waals surface area contributed by atoms with Gasteiger partial charge in [0.15, 0.2) is 0 Å². The highest BCUT2D eigenvalue weighted by molar-refractivity contribution is 7.99. The number of fused-ring (bicyclic) bond motifs is 1. The molecule has 1 heterocycles. The number of anilines is 1. The van der Waals surface area contributed by atoms with Crippen LogP contribution in [0.1, 0.15) is 0 Å². The van der Waals surface area contributed by atoms with Crippen molar-refractivity contribution in [3.63, 3.8) is 0 Å². The first-order valence-corrected chi connectivity index (χ1v) is 9.55. The fourth-order valence-electron chi connectivity index (χ4n) is 1.65. The zero-order valence-electron chi connectivity index (χ0n) is 10.4. The van der Waals surface area contributed by atoms with E-state index >= 15 is 0 Å². The second-order valence-corrected chi connectivity index (χ2v) is 7.96. The Morgan fingerprint density at radius 3 is 2.95 bits per heavy atom. The van der Waals surface area contributed by atoms with E-state index in [0.717, 1.165) is 22.1 Å². The van der Waals surface area contributed by atoms with E-state index in [9.17, 15) is 8.42 Å². The Morgan fingerprint density at radius 2 is 2.30 bits per heavy atom. The molecule has 5 nitrogen and oxygen atoms in total. The number of hydrogen-bond donors (Lipinski definition) is 3. The number of hydrogen-bond acceptors (Lipinski definition) is 6. The molecule has 0 amide bonds. The van der Waals surface area contributed by atoms with Crippen LogP contribution in [0, 0.1) is 0 Å². The van der Waals surface area contributed by atoms with E-state index in [1.54, 1.807) is 17.8 Å². The van der Waals surface area contributed by atoms with Gasteiger partial charge in [-0.2, -0.15) is 11.8 Å². The van der Waals surface area contributed by atoms with Gasteiger partial charge in [-0.25, -0.2) is 18.3 Å². The van der Waals surface area contributed by atoms with E-state index in [4.69, 9.17) is 16.7 Å². The van der Waals surface area contributed by atoms with E-state index in [1.165, 1.54) is 18.0 Å². The molecule has 2 rings (SSSR count). The molecule has 9 heteroatoms. The minimum atomic E-state index is -3.81. The Kier molecular flexibility index (Phi) is 5.27. The van der Waals surface area contributed by atoms with Crippen LogP contribution in [0.4, 0.5) is 5.69 Å². The molecule has 0 aromatic heterocycles. The molecule has 0 radical (unpaired) electrons. The Bertz CT molecular complexity index is 622. The quantitative estimate of drug-likeness (QED) is 0.428. The molecule has 0 bridgehead atoms. The van der Waals surface area contributed by atoms with Crippen LogP contribution in [0.15, 0.2) is 34.6 Å². The minimum Gasteiger partial charge on any atom is -0.367 e. The summed E-state index contributed by atoms with van der Waals surface area (Å²) in [4.78, 5) is 0.692. The van der Waals surface area contributed by atoms with Crippen LogP contribution in [0.5, 0.6) is 0 Å². The number of nitrogens with two attached hydrogens (primary N) is 1. The SMILES string of the molecule is C=CCSCC1NSc2cc(S(N)(=O)=O)c(Cl)cc2N1. The third-order valence-corrected chi connectivity index (χ3v) is 5.88. The number of nitrogens with one attached hydrogen (secondary N) is 2. The molecule has 0 aliphatic carbocycles. The monoisotopic (exact) mass is 351 g/mol. The first-order chi connectivity index (χ1) is 9.41. The Labute approximate surface area is 131 Å². The number of benzene rings is 1. The zero-order chi connectivity index (χ0) is 14.8. The molecule has 1 atom stereocenters. The summed E-state index contributed by atoms with van der Waals surface area (Å²) >= 11 is 9.08. The average molecular weight is 352 g/mol. The van der Waals surface area contributed by atoms with Crippen LogP contribution in [0.25, 0.3) is 0 Å². The van der Waals surface area contributed by atoms with E-state index in [1.807, 2.05) is 6.08 Å². The molecule has 1 aromatic carbocycles. The highest BCUT2D eigenvalue weighted by Crippen LogP contribution is 2.36. The average Bonchev–Trinajstić information content (AvgIpc) is 2.36. The maximum absolute atomic E-state index is 11.4. The molecule has 110 valence electrons. The fourth-order valence-corrected chi connectivity index (χ4v) is 4.45. The molecule has 0 fully saturated rings. The lowest BCUT2D eigenvalue weighted by molar-refractivity contribution is 0.597. The van der Waals surface area contributed by atoms with Crippen molar-refractivity contribution >= 4 is 51.0 Å². The largest absolute Gasteiger partial charge is 0.367 e. The molecule has 20 heavy (non-hydrogen) atoms. The maximum atomic E-state index is 11.4. The summed E-state index contributed by atoms with van der Waals surface area (Å²) in [5, 5.41) is 8.52. The van der Waals surface area contributed by atoms with Crippen LogP contribution in [0.2, 0.25) is 5.02 Å². The van der Waals surface area contributed by atoms with Gasteiger partial charge in [0.1, 0.15) is 4.90 Å². The van der Waals surface area contributed by atoms with Crippen LogP contribution in [0.3, 0.4) is 0 Å². The molecular weight excluding hydrogens is 338 g/mol. The van der Waals surface area contributed by atoms with Gasteiger partial charge in [0.2, 0.25) is 10.0 Å². The normalized spacial score (nSPS) is 18.2. The van der Waals surface area contributed by atoms with E-state index < -0.39 is 10.0 Å². The molecule has 1 aliphatic rings. The molecule has 0 saturated heterocycles. The van der Waals surface area contributed by atoms with Crippen molar-refractivity contribution in [2.75, 3.05) is 16.8 Å². The molecule has 0 saturated carbocycles. The molecule has 1 unspecified atom stereocenters. The standard InChI is InChI=1S/C11H14ClN3O2S3/c1-2-3-18-6-11-14-8-4-7(12)10(20(13,16)17)5-9(8)19-15-11/h2,4-5,11,14-15H,1,3,6H2,(H2,13,16,17). The van der Waals surface area contributed by atoms with Crippen LogP contribution in [-0.4, -0.2) is 26.1 Å². The summed E-state index contributed by atoms with van der Waals surface area (Å²) in [5.74, 6) is 1.73. The van der Waals surface area contributed by atoms with E-state index in [2.05, 4.69) is 16.6 Å². The van der Waals surface area contributed by atoms with Crippen LogP contribution >= 0.6 is 35.3 Å². The van der Waals surface area contributed by atoms with E-state index in [0.29, 0.717) is 0 Å². The topological polar surface area (TPSA) is 84.2 Å². The van der Waals surface area contributed by atoms with E-state index in [-0.39, 0.29) is 16.1 Å². The lowest BCUT2D eigenvalue weighted by Crippen LogP contribution is -2.37. The molecule has 1 aliphatic heterocycles. The Hall–Kier alpha value is -0.380. The second-order valence-electron chi connectivity index (χ2n) is 4.07. The Balaban J connectivity index is 2.18. The summed E-state index contributed by atoms with van der Waals surface area (Å²) in [6.07, 6.45) is 1.93. The zero-order valence-corrected chi connectivity index (χ0v) is 13.6. The third-order valence-electron chi connectivity index (χ3n) is 2.50. The summed E-state index contributed by atoms with van der Waals surface area (Å²) < 4.78 is 26.0. The molecule has 1 aromatic rings. The summed E-state index contributed by atoms with van der Waals surface area (Å²) in [6, 6.07) is 3.07. The number of sulfonamides is 1. The van der Waals surface area contributed by atoms with Gasteiger partial charge >= 0.3 is 0 Å². The maximum Gasteiger partial charge on any atom is 0.239 e. The molecule has 0 spiro atoms. The van der Waals surface area contributed by atoms with Crippen molar-refractivity contribution in [1.29, 1.82) is 0 Å². The van der Waals surface area contributed by atoms with Crippen molar-refractivity contribution in [3.8, 4) is 0 Å². The van der Waals surface area contributed by atoms with Crippen molar-refractivity contribution in [3.05, 3.63) is 29.8 Å². The van der Waals surface area contributed by atoms with Crippen molar-refractivity contribution < 1.29 is 8.42 Å². The van der Waals surface area contributed by atoms with Gasteiger partial charge in [-0.05, 0) is 24.1 Å². The van der Waals surface area contributed by atoms with Gasteiger partial charge < -0.3 is 5.32 Å². The Morgan fingerprint density at radius 1 is 1.55 bits per heavy atom. The number of thioether (sulfide) groups is 1. The molecule has 4 N–H and O–H groups in total. The highest BCUT2D eigenvalue weighted by Gasteiger charge is 2.22. The number of halogens is 1. The lowest BCUT2D eigenvalue weighted by Gasteiger charge is -2.27. The third kappa shape index (κ3) is 3.84. The van der Waals surface area contributed by atoms with Crippen molar-refractivity contribution in [2.45, 2.75) is 16.0 Å². The van der Waals surface area contributed by atoms with Gasteiger partial charge in [0.25, 0.3) is 0 Å². The predicted octanol–water partition coefficient (Wildman–Crippen LogP) is 2.25. The number of rotatable bonds is 5. The van der Waals surface area contributed by atoms with Gasteiger partial charge in [0, 0.05) is 16.4 Å². The van der Waals surface area contributed by atoms with Gasteiger partial charge in [-0.1, -0.05) is 17.7 Å². The first kappa shape index (κ1) is 16.0. The van der Waals surface area contributed by atoms with Crippen LogP contribution in [-0.2, 0) is 10.0 Å².